The Morgan fingerprint density at radius 1 is 0.467 bits per heavy atom. The molecule has 10 rings (SSSR count). The van der Waals surface area contributed by atoms with Crippen molar-refractivity contribution in [3.05, 3.63) is 145 Å². The highest BCUT2D eigenvalue weighted by Gasteiger charge is 2.36. The molecule has 2 aromatic heterocycles. The van der Waals surface area contributed by atoms with Gasteiger partial charge in [-0.1, -0.05) is 117 Å². The molecule has 0 bridgehead atoms. The van der Waals surface area contributed by atoms with Crippen LogP contribution in [0.3, 0.4) is 0 Å². The zero-order valence-electron chi connectivity index (χ0n) is 25.1. The average molecular weight is 573 g/mol. The summed E-state index contributed by atoms with van der Waals surface area (Å²) in [5.41, 5.74) is 11.8. The molecule has 1 aliphatic rings. The molecule has 0 spiro atoms. The van der Waals surface area contributed by atoms with Crippen LogP contribution in [-0.4, -0.2) is 9.97 Å². The Morgan fingerprint density at radius 3 is 1.84 bits per heavy atom. The van der Waals surface area contributed by atoms with Crippen molar-refractivity contribution in [2.24, 2.45) is 0 Å². The molecule has 9 aromatic rings. The monoisotopic (exact) mass is 572 g/mol. The van der Waals surface area contributed by atoms with Crippen molar-refractivity contribution in [3.63, 3.8) is 0 Å². The molecule has 45 heavy (non-hydrogen) atoms. The van der Waals surface area contributed by atoms with E-state index >= 15 is 0 Å². The molecule has 0 amide bonds. The molecular weight excluding hydrogens is 544 g/mol. The fraction of sp³-hybridized carbons (Fsp3) is 0.0698. The number of hydrogen-bond donors (Lipinski definition) is 0. The molecule has 0 saturated carbocycles. The Morgan fingerprint density at radius 2 is 1.04 bits per heavy atom. The minimum absolute atomic E-state index is 0.147. The van der Waals surface area contributed by atoms with Crippen LogP contribution in [0.15, 0.2) is 134 Å². The summed E-state index contributed by atoms with van der Waals surface area (Å²) in [5.74, 6) is 0. The summed E-state index contributed by atoms with van der Waals surface area (Å²) in [6.07, 6.45) is 1.85. The van der Waals surface area contributed by atoms with Gasteiger partial charge in [0.2, 0.25) is 0 Å². The summed E-state index contributed by atoms with van der Waals surface area (Å²) in [6, 6.07) is 46.9. The Hall–Kier alpha value is -5.60. The SMILES string of the molecule is CC1(C)c2cc(-c3ccc4ccc5cccnc5c4n3)ccc2-c2ccc(-c3ccc4ccc5cccc6ccc3c4c56)cc21. The van der Waals surface area contributed by atoms with E-state index in [1.807, 2.05) is 12.3 Å². The largest absolute Gasteiger partial charge is 0.254 e. The second-order valence-electron chi connectivity index (χ2n) is 13.0. The lowest BCUT2D eigenvalue weighted by atomic mass is 9.80. The zero-order chi connectivity index (χ0) is 29.9. The zero-order valence-corrected chi connectivity index (χ0v) is 25.1. The van der Waals surface area contributed by atoms with E-state index in [1.54, 1.807) is 0 Å². The van der Waals surface area contributed by atoms with Gasteiger partial charge < -0.3 is 0 Å². The van der Waals surface area contributed by atoms with Gasteiger partial charge in [0, 0.05) is 27.9 Å². The van der Waals surface area contributed by atoms with E-state index in [2.05, 4.69) is 140 Å². The third-order valence-electron chi connectivity index (χ3n) is 10.2. The highest BCUT2D eigenvalue weighted by Crippen LogP contribution is 2.51. The number of pyridine rings is 2. The summed E-state index contributed by atoms with van der Waals surface area (Å²) in [6.45, 7) is 4.72. The summed E-state index contributed by atoms with van der Waals surface area (Å²) >= 11 is 0. The van der Waals surface area contributed by atoms with E-state index in [4.69, 9.17) is 4.98 Å². The second kappa shape index (κ2) is 8.74. The van der Waals surface area contributed by atoms with Gasteiger partial charge in [0.1, 0.15) is 0 Å². The molecule has 0 saturated heterocycles. The molecule has 1 aliphatic carbocycles. The number of aromatic nitrogens is 2. The molecule has 0 aliphatic heterocycles. The molecule has 0 fully saturated rings. The molecule has 0 radical (unpaired) electrons. The third-order valence-corrected chi connectivity index (χ3v) is 10.2. The molecule has 2 heterocycles. The van der Waals surface area contributed by atoms with Crippen molar-refractivity contribution >= 4 is 54.1 Å². The van der Waals surface area contributed by atoms with Gasteiger partial charge in [-0.3, -0.25) is 4.98 Å². The van der Waals surface area contributed by atoms with Crippen LogP contribution in [0, 0.1) is 0 Å². The Labute approximate surface area is 261 Å². The van der Waals surface area contributed by atoms with Gasteiger partial charge in [-0.25, -0.2) is 4.98 Å². The van der Waals surface area contributed by atoms with E-state index in [0.29, 0.717) is 0 Å². The van der Waals surface area contributed by atoms with Gasteiger partial charge in [-0.2, -0.15) is 0 Å². The first-order valence-electron chi connectivity index (χ1n) is 15.7. The molecule has 2 heteroatoms. The van der Waals surface area contributed by atoms with Crippen molar-refractivity contribution in [1.29, 1.82) is 0 Å². The second-order valence-corrected chi connectivity index (χ2v) is 13.0. The van der Waals surface area contributed by atoms with Crippen LogP contribution >= 0.6 is 0 Å². The molecular formula is C43H28N2. The Balaban J connectivity index is 1.11. The highest BCUT2D eigenvalue weighted by molar-refractivity contribution is 6.25. The van der Waals surface area contributed by atoms with E-state index in [-0.39, 0.29) is 5.41 Å². The molecule has 0 unspecified atom stereocenters. The fourth-order valence-electron chi connectivity index (χ4n) is 7.94. The van der Waals surface area contributed by atoms with Crippen molar-refractivity contribution in [3.8, 4) is 33.5 Å². The first-order chi connectivity index (χ1) is 22.0. The average Bonchev–Trinajstić information content (AvgIpc) is 3.32. The van der Waals surface area contributed by atoms with Gasteiger partial charge in [-0.05, 0) is 90.0 Å². The third kappa shape index (κ3) is 3.40. The molecule has 0 atom stereocenters. The van der Waals surface area contributed by atoms with Gasteiger partial charge in [0.25, 0.3) is 0 Å². The van der Waals surface area contributed by atoms with E-state index in [1.165, 1.54) is 65.7 Å². The lowest BCUT2D eigenvalue weighted by molar-refractivity contribution is 0.661. The van der Waals surface area contributed by atoms with Gasteiger partial charge in [0.15, 0.2) is 0 Å². The van der Waals surface area contributed by atoms with Crippen molar-refractivity contribution in [2.45, 2.75) is 19.3 Å². The van der Waals surface area contributed by atoms with Crippen molar-refractivity contribution in [2.75, 3.05) is 0 Å². The molecule has 2 nitrogen and oxygen atoms in total. The van der Waals surface area contributed by atoms with Gasteiger partial charge >= 0.3 is 0 Å². The predicted octanol–water partition coefficient (Wildman–Crippen LogP) is 11.3. The number of rotatable bonds is 2. The van der Waals surface area contributed by atoms with Gasteiger partial charge in [-0.15, -0.1) is 0 Å². The van der Waals surface area contributed by atoms with Crippen molar-refractivity contribution in [1.82, 2.24) is 9.97 Å². The molecule has 0 N–H and O–H groups in total. The standard InChI is InChI=1S/C43H28N2/c1-43(2)36-23-30(32-17-12-27-9-8-25-5-3-6-26-13-20-35(32)40(27)39(25)26)14-18-33(36)34-19-15-31(24-37(34)43)38-21-16-29-11-10-28-7-4-22-44-41(28)42(29)45-38/h3-24H,1-2H3. The summed E-state index contributed by atoms with van der Waals surface area (Å²) < 4.78 is 0. The summed E-state index contributed by atoms with van der Waals surface area (Å²) in [7, 11) is 0. The molecule has 7 aromatic carbocycles. The van der Waals surface area contributed by atoms with Crippen LogP contribution in [0.2, 0.25) is 0 Å². The van der Waals surface area contributed by atoms with Crippen LogP contribution < -0.4 is 0 Å². The minimum atomic E-state index is -0.147. The summed E-state index contributed by atoms with van der Waals surface area (Å²) in [5, 5.41) is 10.2. The quantitative estimate of drug-likeness (QED) is 0.193. The maximum absolute atomic E-state index is 5.15. The molecule has 210 valence electrons. The Bertz CT molecular complexity index is 2660. The lowest BCUT2D eigenvalue weighted by Crippen LogP contribution is -2.15. The maximum Gasteiger partial charge on any atom is 0.0972 e. The van der Waals surface area contributed by atoms with Gasteiger partial charge in [0.05, 0.1) is 16.7 Å². The maximum atomic E-state index is 5.15. The Kier molecular flexibility index (Phi) is 4.82. The number of hydrogen-bond acceptors (Lipinski definition) is 2. The lowest BCUT2D eigenvalue weighted by Gasteiger charge is -2.23. The summed E-state index contributed by atoms with van der Waals surface area (Å²) in [4.78, 5) is 9.82. The smallest absolute Gasteiger partial charge is 0.0972 e. The number of nitrogens with zero attached hydrogens (tertiary/aromatic N) is 2. The van der Waals surface area contributed by atoms with E-state index < -0.39 is 0 Å². The first-order valence-corrected chi connectivity index (χ1v) is 15.7. The predicted molar refractivity (Wildman–Crippen MR) is 189 cm³/mol. The number of benzene rings is 7. The topological polar surface area (TPSA) is 25.8 Å². The van der Waals surface area contributed by atoms with Crippen LogP contribution in [-0.2, 0) is 5.41 Å². The highest BCUT2D eigenvalue weighted by atomic mass is 14.8. The minimum Gasteiger partial charge on any atom is -0.254 e. The van der Waals surface area contributed by atoms with Crippen LogP contribution in [0.5, 0.6) is 0 Å². The van der Waals surface area contributed by atoms with Crippen LogP contribution in [0.4, 0.5) is 0 Å². The first kappa shape index (κ1) is 24.8. The van der Waals surface area contributed by atoms with E-state index in [0.717, 1.165) is 33.1 Å². The van der Waals surface area contributed by atoms with Crippen LogP contribution in [0.25, 0.3) is 87.6 Å². The van der Waals surface area contributed by atoms with E-state index in [9.17, 15) is 0 Å². The number of fused-ring (bicyclic) bond motifs is 6. The normalized spacial score (nSPS) is 13.7. The fourth-order valence-corrected chi connectivity index (χ4v) is 7.94. The van der Waals surface area contributed by atoms with Crippen LogP contribution in [0.1, 0.15) is 25.0 Å². The van der Waals surface area contributed by atoms with Crippen molar-refractivity contribution < 1.29 is 0 Å².